The molecule has 0 radical (unpaired) electrons. The normalized spacial score (nSPS) is 12.5. The van der Waals surface area contributed by atoms with Gasteiger partial charge in [0.15, 0.2) is 0 Å². The zero-order valence-electron chi connectivity index (χ0n) is 15.3. The van der Waals surface area contributed by atoms with Crippen molar-refractivity contribution in [3.05, 3.63) is 64.7 Å². The number of sulfonamides is 1. The van der Waals surface area contributed by atoms with E-state index in [1.165, 1.54) is 4.90 Å². The first-order valence-corrected chi connectivity index (χ1v) is 10.4. The molecule has 2 aromatic carbocycles. The van der Waals surface area contributed by atoms with Crippen LogP contribution in [0.5, 0.6) is 0 Å². The number of anilines is 1. The summed E-state index contributed by atoms with van der Waals surface area (Å²) in [5.41, 5.74) is 2.40. The molecule has 1 atom stereocenters. The van der Waals surface area contributed by atoms with E-state index in [-0.39, 0.29) is 5.91 Å². The first-order chi connectivity index (χ1) is 12.1. The Hall–Kier alpha value is -2.05. The van der Waals surface area contributed by atoms with Crippen LogP contribution in [0.3, 0.4) is 0 Å². The minimum Gasteiger partial charge on any atom is -0.340 e. The van der Waals surface area contributed by atoms with Gasteiger partial charge in [-0.05, 0) is 43.7 Å². The van der Waals surface area contributed by atoms with Crippen molar-refractivity contribution in [1.82, 2.24) is 4.90 Å². The third-order valence-electron chi connectivity index (χ3n) is 4.06. The van der Waals surface area contributed by atoms with Gasteiger partial charge >= 0.3 is 0 Å². The van der Waals surface area contributed by atoms with E-state index in [1.807, 2.05) is 31.2 Å². The molecule has 0 aliphatic rings. The molecule has 2 rings (SSSR count). The van der Waals surface area contributed by atoms with Gasteiger partial charge < -0.3 is 4.90 Å². The molecule has 0 aromatic heterocycles. The van der Waals surface area contributed by atoms with Gasteiger partial charge in [-0.2, -0.15) is 0 Å². The smallest absolute Gasteiger partial charge is 0.246 e. The van der Waals surface area contributed by atoms with Crippen LogP contribution in [0.25, 0.3) is 0 Å². The third-order valence-corrected chi connectivity index (χ3v) is 5.56. The molecule has 0 bridgehead atoms. The molecule has 140 valence electrons. The molecule has 1 amide bonds. The predicted octanol–water partition coefficient (Wildman–Crippen LogP) is 3.46. The summed E-state index contributed by atoms with van der Waals surface area (Å²) in [7, 11) is -1.96. The monoisotopic (exact) mass is 394 g/mol. The van der Waals surface area contributed by atoms with Gasteiger partial charge in [-0.25, -0.2) is 8.42 Å². The molecule has 26 heavy (non-hydrogen) atoms. The summed E-state index contributed by atoms with van der Waals surface area (Å²) < 4.78 is 25.8. The van der Waals surface area contributed by atoms with Gasteiger partial charge in [-0.15, -0.1) is 0 Å². The van der Waals surface area contributed by atoms with E-state index in [1.54, 1.807) is 38.2 Å². The Morgan fingerprint density at radius 1 is 1.08 bits per heavy atom. The van der Waals surface area contributed by atoms with Crippen molar-refractivity contribution in [2.75, 3.05) is 17.6 Å². The molecule has 1 unspecified atom stereocenters. The molecular weight excluding hydrogens is 372 g/mol. The highest BCUT2D eigenvalue weighted by Crippen LogP contribution is 2.22. The van der Waals surface area contributed by atoms with Crippen LogP contribution in [0.1, 0.15) is 18.1 Å². The molecule has 5 nitrogen and oxygen atoms in total. The molecule has 2 aromatic rings. The maximum absolute atomic E-state index is 12.8. The van der Waals surface area contributed by atoms with Crippen LogP contribution in [0.4, 0.5) is 5.69 Å². The molecular formula is C19H23ClN2O3S. The quantitative estimate of drug-likeness (QED) is 0.753. The summed E-state index contributed by atoms with van der Waals surface area (Å²) in [6.45, 7) is 3.89. The van der Waals surface area contributed by atoms with Crippen molar-refractivity contribution in [3.63, 3.8) is 0 Å². The Kier molecular flexibility index (Phi) is 6.31. The van der Waals surface area contributed by atoms with Crippen molar-refractivity contribution in [2.45, 2.75) is 26.4 Å². The first-order valence-electron chi connectivity index (χ1n) is 8.15. The maximum Gasteiger partial charge on any atom is 0.246 e. The number of likely N-dealkylation sites (N-methyl/N-ethyl adjacent to an activating group) is 1. The van der Waals surface area contributed by atoms with E-state index < -0.39 is 16.1 Å². The van der Waals surface area contributed by atoms with E-state index in [2.05, 4.69) is 0 Å². The Labute approximate surface area is 160 Å². The number of nitrogens with zero attached hydrogens (tertiary/aromatic N) is 2. The minimum absolute atomic E-state index is 0.286. The number of halogens is 1. The number of aryl methyl sites for hydroxylation is 1. The number of carbonyl (C=O) groups is 1. The van der Waals surface area contributed by atoms with Gasteiger partial charge in [0.25, 0.3) is 0 Å². The van der Waals surface area contributed by atoms with Crippen molar-refractivity contribution < 1.29 is 13.2 Å². The highest BCUT2D eigenvalue weighted by Gasteiger charge is 2.30. The highest BCUT2D eigenvalue weighted by molar-refractivity contribution is 7.92. The summed E-state index contributed by atoms with van der Waals surface area (Å²) >= 11 is 5.88. The topological polar surface area (TPSA) is 57.7 Å². The van der Waals surface area contributed by atoms with Crippen molar-refractivity contribution in [1.29, 1.82) is 0 Å². The van der Waals surface area contributed by atoms with Crippen molar-refractivity contribution >= 4 is 33.2 Å². The maximum atomic E-state index is 12.8. The summed E-state index contributed by atoms with van der Waals surface area (Å²) in [5, 5.41) is 0.624. The summed E-state index contributed by atoms with van der Waals surface area (Å²) in [4.78, 5) is 14.4. The van der Waals surface area contributed by atoms with E-state index in [0.717, 1.165) is 21.7 Å². The second-order valence-corrected chi connectivity index (χ2v) is 8.69. The molecule has 0 saturated heterocycles. The predicted molar refractivity (Wildman–Crippen MR) is 106 cm³/mol. The second kappa shape index (κ2) is 8.10. The number of rotatable bonds is 6. The fraction of sp³-hybridized carbons (Fsp3) is 0.316. The van der Waals surface area contributed by atoms with E-state index >= 15 is 0 Å². The van der Waals surface area contributed by atoms with E-state index in [4.69, 9.17) is 11.6 Å². The van der Waals surface area contributed by atoms with E-state index in [9.17, 15) is 13.2 Å². The zero-order chi connectivity index (χ0) is 19.5. The van der Waals surface area contributed by atoms with Crippen LogP contribution >= 0.6 is 11.6 Å². The van der Waals surface area contributed by atoms with Crippen LogP contribution < -0.4 is 4.31 Å². The lowest BCUT2D eigenvalue weighted by Crippen LogP contribution is -2.48. The van der Waals surface area contributed by atoms with Gasteiger partial charge in [0.2, 0.25) is 15.9 Å². The summed E-state index contributed by atoms with van der Waals surface area (Å²) in [6, 6.07) is 13.4. The average Bonchev–Trinajstić information content (AvgIpc) is 2.57. The van der Waals surface area contributed by atoms with E-state index in [0.29, 0.717) is 17.3 Å². The lowest BCUT2D eigenvalue weighted by Gasteiger charge is -2.31. The largest absolute Gasteiger partial charge is 0.340 e. The molecule has 0 aliphatic heterocycles. The standard InChI is InChI=1S/C19H23ClN2O3S/c1-14-5-11-18(12-6-14)22(26(4,24)25)15(2)19(23)21(3)13-16-7-9-17(20)10-8-16/h5-12,15H,13H2,1-4H3. The molecule has 0 spiro atoms. The van der Waals surface area contributed by atoms with Crippen LogP contribution in [0.2, 0.25) is 5.02 Å². The summed E-state index contributed by atoms with van der Waals surface area (Å²) in [6.07, 6.45) is 1.11. The van der Waals surface area contributed by atoms with Gasteiger partial charge in [0.1, 0.15) is 6.04 Å². The van der Waals surface area contributed by atoms with Gasteiger partial charge in [-0.1, -0.05) is 41.4 Å². The Morgan fingerprint density at radius 2 is 1.62 bits per heavy atom. The lowest BCUT2D eigenvalue weighted by atomic mass is 10.2. The zero-order valence-corrected chi connectivity index (χ0v) is 16.9. The number of carbonyl (C=O) groups excluding carboxylic acids is 1. The molecule has 7 heteroatoms. The highest BCUT2D eigenvalue weighted by atomic mass is 35.5. The van der Waals surface area contributed by atoms with Crippen LogP contribution in [0.15, 0.2) is 48.5 Å². The second-order valence-electron chi connectivity index (χ2n) is 6.39. The van der Waals surface area contributed by atoms with Gasteiger partial charge in [0, 0.05) is 18.6 Å². The number of benzene rings is 2. The first kappa shape index (κ1) is 20.3. The van der Waals surface area contributed by atoms with Gasteiger partial charge in [0.05, 0.1) is 11.9 Å². The number of amides is 1. The van der Waals surface area contributed by atoms with Crippen LogP contribution in [0, 0.1) is 6.92 Å². The Bertz CT molecular complexity index is 865. The van der Waals surface area contributed by atoms with Gasteiger partial charge in [-0.3, -0.25) is 9.10 Å². The SMILES string of the molecule is Cc1ccc(N(C(C)C(=O)N(C)Cc2ccc(Cl)cc2)S(C)(=O)=O)cc1. The Balaban J connectivity index is 2.23. The average molecular weight is 395 g/mol. The molecule has 0 saturated carbocycles. The number of hydrogen-bond acceptors (Lipinski definition) is 3. The molecule has 0 N–H and O–H groups in total. The number of hydrogen-bond donors (Lipinski definition) is 0. The van der Waals surface area contributed by atoms with Crippen LogP contribution in [-0.2, 0) is 21.4 Å². The molecule has 0 aliphatic carbocycles. The fourth-order valence-corrected chi connectivity index (χ4v) is 4.05. The lowest BCUT2D eigenvalue weighted by molar-refractivity contribution is -0.131. The minimum atomic E-state index is -3.62. The molecule has 0 heterocycles. The Morgan fingerprint density at radius 3 is 2.12 bits per heavy atom. The van der Waals surface area contributed by atoms with Crippen molar-refractivity contribution in [2.24, 2.45) is 0 Å². The third kappa shape index (κ3) is 4.99. The fourth-order valence-electron chi connectivity index (χ4n) is 2.75. The van der Waals surface area contributed by atoms with Crippen molar-refractivity contribution in [3.8, 4) is 0 Å². The molecule has 0 fully saturated rings. The van der Waals surface area contributed by atoms with Crippen LogP contribution in [-0.4, -0.2) is 38.6 Å². The summed E-state index contributed by atoms with van der Waals surface area (Å²) in [5.74, 6) is -0.286.